The maximum absolute atomic E-state index is 13.0. The Bertz CT molecular complexity index is 948. The number of benzene rings is 2. The van der Waals surface area contributed by atoms with Crippen LogP contribution >= 0.6 is 0 Å². The summed E-state index contributed by atoms with van der Waals surface area (Å²) >= 11 is 0. The zero-order chi connectivity index (χ0) is 18.7. The van der Waals surface area contributed by atoms with Crippen molar-refractivity contribution in [3.8, 4) is 0 Å². The van der Waals surface area contributed by atoms with Crippen molar-refractivity contribution in [2.45, 2.75) is 27.7 Å². The minimum atomic E-state index is -0.237. The van der Waals surface area contributed by atoms with Crippen LogP contribution in [-0.2, 0) is 0 Å². The number of hydrogen-bond acceptors (Lipinski definition) is 4. The standard InChI is InChI=1S/C21H24N4O/c1-5-25(6-2)20-19(22-17-11-7-8-12-18(17)23-20)21(26)24-16-13-9-10-14(3)15(16)4/h7-13H,5-6H2,1-4H3,(H,24,26). The summed E-state index contributed by atoms with van der Waals surface area (Å²) in [5, 5.41) is 3.01. The van der Waals surface area contributed by atoms with Crippen LogP contribution in [0.2, 0.25) is 0 Å². The first-order chi connectivity index (χ1) is 12.5. The van der Waals surface area contributed by atoms with Crippen LogP contribution in [0.25, 0.3) is 11.0 Å². The summed E-state index contributed by atoms with van der Waals surface area (Å²) in [6, 6.07) is 13.5. The summed E-state index contributed by atoms with van der Waals surface area (Å²) in [6.07, 6.45) is 0. The fraction of sp³-hybridized carbons (Fsp3) is 0.286. The molecule has 0 radical (unpaired) electrons. The monoisotopic (exact) mass is 348 g/mol. The Morgan fingerprint density at radius 3 is 2.27 bits per heavy atom. The molecule has 0 aliphatic carbocycles. The van der Waals surface area contributed by atoms with Gasteiger partial charge in [-0.15, -0.1) is 0 Å². The third-order valence-electron chi connectivity index (χ3n) is 4.68. The van der Waals surface area contributed by atoms with Gasteiger partial charge in [0.1, 0.15) is 0 Å². The van der Waals surface area contributed by atoms with Crippen LogP contribution in [0, 0.1) is 13.8 Å². The van der Waals surface area contributed by atoms with Crippen molar-refractivity contribution in [1.29, 1.82) is 0 Å². The average molecular weight is 348 g/mol. The van der Waals surface area contributed by atoms with E-state index < -0.39 is 0 Å². The topological polar surface area (TPSA) is 58.1 Å². The van der Waals surface area contributed by atoms with E-state index >= 15 is 0 Å². The van der Waals surface area contributed by atoms with Gasteiger partial charge < -0.3 is 10.2 Å². The summed E-state index contributed by atoms with van der Waals surface area (Å²) in [7, 11) is 0. The minimum Gasteiger partial charge on any atom is -0.355 e. The second-order valence-electron chi connectivity index (χ2n) is 6.26. The average Bonchev–Trinajstić information content (AvgIpc) is 2.66. The maximum atomic E-state index is 13.0. The Morgan fingerprint density at radius 2 is 1.62 bits per heavy atom. The number of amides is 1. The number of fused-ring (bicyclic) bond motifs is 1. The first-order valence-corrected chi connectivity index (χ1v) is 8.94. The third kappa shape index (κ3) is 3.38. The first kappa shape index (κ1) is 17.9. The molecule has 1 N–H and O–H groups in total. The maximum Gasteiger partial charge on any atom is 0.278 e. The molecule has 134 valence electrons. The van der Waals surface area contributed by atoms with E-state index in [0.29, 0.717) is 11.5 Å². The SMILES string of the molecule is CCN(CC)c1nc2ccccc2nc1C(=O)Nc1cccc(C)c1C. The van der Waals surface area contributed by atoms with Gasteiger partial charge >= 0.3 is 0 Å². The number of aromatic nitrogens is 2. The Kier molecular flexibility index (Phi) is 5.16. The lowest BCUT2D eigenvalue weighted by atomic mass is 10.1. The van der Waals surface area contributed by atoms with Crippen LogP contribution in [0.4, 0.5) is 11.5 Å². The van der Waals surface area contributed by atoms with E-state index in [0.717, 1.165) is 40.9 Å². The van der Waals surface area contributed by atoms with E-state index in [4.69, 9.17) is 4.98 Å². The van der Waals surface area contributed by atoms with Crippen molar-refractivity contribution < 1.29 is 4.79 Å². The highest BCUT2D eigenvalue weighted by Crippen LogP contribution is 2.23. The molecule has 2 aromatic carbocycles. The molecule has 0 spiro atoms. The fourth-order valence-electron chi connectivity index (χ4n) is 2.95. The number of nitrogens with one attached hydrogen (secondary N) is 1. The summed E-state index contributed by atoms with van der Waals surface area (Å²) in [4.78, 5) is 24.4. The molecule has 3 aromatic rings. The lowest BCUT2D eigenvalue weighted by Crippen LogP contribution is -2.28. The molecule has 0 unspecified atom stereocenters. The molecular formula is C21H24N4O. The van der Waals surface area contributed by atoms with Crippen molar-refractivity contribution in [3.63, 3.8) is 0 Å². The Morgan fingerprint density at radius 1 is 0.962 bits per heavy atom. The molecule has 5 nitrogen and oxygen atoms in total. The number of carbonyl (C=O) groups is 1. The fourth-order valence-corrected chi connectivity index (χ4v) is 2.95. The van der Waals surface area contributed by atoms with E-state index in [1.54, 1.807) is 0 Å². The molecule has 0 bridgehead atoms. The molecule has 5 heteroatoms. The number of nitrogens with zero attached hydrogens (tertiary/aromatic N) is 3. The highest BCUT2D eigenvalue weighted by molar-refractivity contribution is 6.07. The highest BCUT2D eigenvalue weighted by atomic mass is 16.1. The molecular weight excluding hydrogens is 324 g/mol. The normalized spacial score (nSPS) is 10.8. The van der Waals surface area contributed by atoms with Crippen molar-refractivity contribution in [1.82, 2.24) is 9.97 Å². The zero-order valence-corrected chi connectivity index (χ0v) is 15.7. The molecule has 1 aromatic heterocycles. The number of aryl methyl sites for hydroxylation is 1. The number of rotatable bonds is 5. The van der Waals surface area contributed by atoms with E-state index in [2.05, 4.69) is 15.2 Å². The molecule has 0 aliphatic heterocycles. The van der Waals surface area contributed by atoms with Crippen LogP contribution < -0.4 is 10.2 Å². The third-order valence-corrected chi connectivity index (χ3v) is 4.68. The lowest BCUT2D eigenvalue weighted by Gasteiger charge is -2.22. The molecule has 1 amide bonds. The molecule has 0 fully saturated rings. The zero-order valence-electron chi connectivity index (χ0n) is 15.7. The molecule has 0 saturated carbocycles. The first-order valence-electron chi connectivity index (χ1n) is 8.94. The molecule has 3 rings (SSSR count). The van der Waals surface area contributed by atoms with Gasteiger partial charge in [0.2, 0.25) is 0 Å². The smallest absolute Gasteiger partial charge is 0.278 e. The van der Waals surface area contributed by atoms with Crippen molar-refractivity contribution in [3.05, 3.63) is 59.3 Å². The van der Waals surface area contributed by atoms with Crippen LogP contribution in [-0.4, -0.2) is 29.0 Å². The van der Waals surface area contributed by atoms with Gasteiger partial charge in [0.05, 0.1) is 11.0 Å². The number of para-hydroxylation sites is 2. The lowest BCUT2D eigenvalue weighted by molar-refractivity contribution is 0.102. The van der Waals surface area contributed by atoms with Crippen molar-refractivity contribution >= 4 is 28.4 Å². The van der Waals surface area contributed by atoms with Crippen molar-refractivity contribution in [2.75, 3.05) is 23.3 Å². The van der Waals surface area contributed by atoms with Crippen LogP contribution in [0.1, 0.15) is 35.5 Å². The van der Waals surface area contributed by atoms with Gasteiger partial charge in [0.15, 0.2) is 11.5 Å². The van der Waals surface area contributed by atoms with Gasteiger partial charge in [-0.25, -0.2) is 9.97 Å². The predicted molar refractivity (Wildman–Crippen MR) is 107 cm³/mol. The van der Waals surface area contributed by atoms with Gasteiger partial charge in [-0.05, 0) is 57.0 Å². The number of anilines is 2. The summed E-state index contributed by atoms with van der Waals surface area (Å²) < 4.78 is 0. The Labute approximate surface area is 154 Å². The van der Waals surface area contributed by atoms with E-state index in [1.807, 2.05) is 70.2 Å². The number of carbonyl (C=O) groups excluding carboxylic acids is 1. The molecule has 0 aliphatic rings. The van der Waals surface area contributed by atoms with Gasteiger partial charge in [0.25, 0.3) is 5.91 Å². The molecule has 0 atom stereocenters. The van der Waals surface area contributed by atoms with Crippen molar-refractivity contribution in [2.24, 2.45) is 0 Å². The minimum absolute atomic E-state index is 0.237. The highest BCUT2D eigenvalue weighted by Gasteiger charge is 2.20. The Hall–Kier alpha value is -2.95. The second-order valence-corrected chi connectivity index (χ2v) is 6.26. The van der Waals surface area contributed by atoms with Crippen LogP contribution in [0.15, 0.2) is 42.5 Å². The van der Waals surface area contributed by atoms with E-state index in [1.165, 1.54) is 0 Å². The van der Waals surface area contributed by atoms with Crippen LogP contribution in [0.5, 0.6) is 0 Å². The summed E-state index contributed by atoms with van der Waals surface area (Å²) in [5.74, 6) is 0.385. The van der Waals surface area contributed by atoms with Gasteiger partial charge in [-0.1, -0.05) is 24.3 Å². The van der Waals surface area contributed by atoms with Crippen LogP contribution in [0.3, 0.4) is 0 Å². The largest absolute Gasteiger partial charge is 0.355 e. The Balaban J connectivity index is 2.08. The summed E-state index contributed by atoms with van der Waals surface area (Å²) in [6.45, 7) is 9.64. The second kappa shape index (κ2) is 7.52. The van der Waals surface area contributed by atoms with E-state index in [-0.39, 0.29) is 5.91 Å². The molecule has 1 heterocycles. The molecule has 0 saturated heterocycles. The number of hydrogen-bond donors (Lipinski definition) is 1. The van der Waals surface area contributed by atoms with Gasteiger partial charge in [0, 0.05) is 18.8 Å². The van der Waals surface area contributed by atoms with Gasteiger partial charge in [-0.2, -0.15) is 0 Å². The predicted octanol–water partition coefficient (Wildman–Crippen LogP) is 4.35. The van der Waals surface area contributed by atoms with Gasteiger partial charge in [-0.3, -0.25) is 4.79 Å². The molecule has 26 heavy (non-hydrogen) atoms. The van der Waals surface area contributed by atoms with E-state index in [9.17, 15) is 4.79 Å². The quantitative estimate of drug-likeness (QED) is 0.745. The summed E-state index contributed by atoms with van der Waals surface area (Å²) in [5.41, 5.74) is 4.85.